The Bertz CT molecular complexity index is 687. The van der Waals surface area contributed by atoms with E-state index in [2.05, 4.69) is 5.32 Å². The average Bonchev–Trinajstić information content (AvgIpc) is 2.86. The number of carboxylic acids is 1. The summed E-state index contributed by atoms with van der Waals surface area (Å²) < 4.78 is 5.59. The molecular formula is C17H21NO4. The first kappa shape index (κ1) is 16.1. The topological polar surface area (TPSA) is 79.5 Å². The summed E-state index contributed by atoms with van der Waals surface area (Å²) in [5, 5.41) is 12.3. The third kappa shape index (κ3) is 3.87. The second-order valence-electron chi connectivity index (χ2n) is 5.52. The lowest BCUT2D eigenvalue weighted by Crippen LogP contribution is -2.26. The SMILES string of the molecule is Cc1ccc2c(CC(=O)NCCCCC(=O)O)coc2c1C. The highest BCUT2D eigenvalue weighted by Gasteiger charge is 2.12. The van der Waals surface area contributed by atoms with Crippen LogP contribution in [0.5, 0.6) is 0 Å². The van der Waals surface area contributed by atoms with Crippen LogP contribution in [-0.2, 0) is 16.0 Å². The second-order valence-corrected chi connectivity index (χ2v) is 5.52. The molecule has 2 N–H and O–H groups in total. The Morgan fingerprint density at radius 3 is 2.73 bits per heavy atom. The van der Waals surface area contributed by atoms with Crippen molar-refractivity contribution in [3.63, 3.8) is 0 Å². The lowest BCUT2D eigenvalue weighted by Gasteiger charge is -2.04. The van der Waals surface area contributed by atoms with Crippen LogP contribution >= 0.6 is 0 Å². The van der Waals surface area contributed by atoms with E-state index in [4.69, 9.17) is 9.52 Å². The van der Waals surface area contributed by atoms with E-state index in [1.807, 2.05) is 26.0 Å². The van der Waals surface area contributed by atoms with Gasteiger partial charge in [-0.3, -0.25) is 9.59 Å². The zero-order valence-electron chi connectivity index (χ0n) is 12.9. The van der Waals surface area contributed by atoms with Gasteiger partial charge >= 0.3 is 5.97 Å². The molecule has 0 aliphatic heterocycles. The summed E-state index contributed by atoms with van der Waals surface area (Å²) in [5.74, 6) is -0.877. The van der Waals surface area contributed by atoms with Gasteiger partial charge in [0, 0.05) is 23.9 Å². The number of fused-ring (bicyclic) bond motifs is 1. The average molecular weight is 303 g/mol. The smallest absolute Gasteiger partial charge is 0.303 e. The number of carboxylic acid groups (broad SMARTS) is 1. The fraction of sp³-hybridized carbons (Fsp3) is 0.412. The number of rotatable bonds is 7. The molecule has 0 spiro atoms. The van der Waals surface area contributed by atoms with Crippen LogP contribution in [0.25, 0.3) is 11.0 Å². The lowest BCUT2D eigenvalue weighted by atomic mass is 10.0. The predicted molar refractivity (Wildman–Crippen MR) is 83.9 cm³/mol. The third-order valence-corrected chi connectivity index (χ3v) is 3.83. The van der Waals surface area contributed by atoms with Gasteiger partial charge in [-0.25, -0.2) is 0 Å². The minimum absolute atomic E-state index is 0.0729. The summed E-state index contributed by atoms with van der Waals surface area (Å²) in [5.41, 5.74) is 3.97. The van der Waals surface area contributed by atoms with Crippen molar-refractivity contribution in [2.45, 2.75) is 39.5 Å². The molecule has 1 aromatic heterocycles. The van der Waals surface area contributed by atoms with Gasteiger partial charge in [0.25, 0.3) is 0 Å². The van der Waals surface area contributed by atoms with Crippen LogP contribution < -0.4 is 5.32 Å². The Kier molecular flexibility index (Phi) is 5.20. The van der Waals surface area contributed by atoms with Crippen LogP contribution in [0.15, 0.2) is 22.8 Å². The Morgan fingerprint density at radius 1 is 1.23 bits per heavy atom. The van der Waals surface area contributed by atoms with Crippen LogP contribution in [0.4, 0.5) is 0 Å². The Balaban J connectivity index is 1.90. The third-order valence-electron chi connectivity index (χ3n) is 3.83. The standard InChI is InChI=1S/C17H21NO4/c1-11-6-7-14-13(10-22-17(14)12(11)2)9-15(19)18-8-4-3-5-16(20)21/h6-7,10H,3-5,8-9H2,1-2H3,(H,18,19)(H,20,21). The fourth-order valence-electron chi connectivity index (χ4n) is 2.39. The predicted octanol–water partition coefficient (Wildman–Crippen LogP) is 2.96. The number of nitrogens with one attached hydrogen (secondary N) is 1. The van der Waals surface area contributed by atoms with E-state index in [0.717, 1.165) is 27.7 Å². The van der Waals surface area contributed by atoms with E-state index in [1.54, 1.807) is 6.26 Å². The molecule has 0 saturated carbocycles. The number of carbonyl (C=O) groups is 2. The van der Waals surface area contributed by atoms with Crippen molar-refractivity contribution in [2.24, 2.45) is 0 Å². The van der Waals surface area contributed by atoms with Gasteiger partial charge in [-0.05, 0) is 37.8 Å². The molecule has 1 aromatic carbocycles. The van der Waals surface area contributed by atoms with Crippen molar-refractivity contribution < 1.29 is 19.1 Å². The molecule has 5 heteroatoms. The van der Waals surface area contributed by atoms with Crippen molar-refractivity contribution in [2.75, 3.05) is 6.54 Å². The maximum absolute atomic E-state index is 11.9. The highest BCUT2D eigenvalue weighted by atomic mass is 16.4. The molecular weight excluding hydrogens is 282 g/mol. The van der Waals surface area contributed by atoms with Gasteiger partial charge in [-0.15, -0.1) is 0 Å². The van der Waals surface area contributed by atoms with Gasteiger partial charge in [-0.2, -0.15) is 0 Å². The van der Waals surface area contributed by atoms with E-state index in [-0.39, 0.29) is 18.7 Å². The van der Waals surface area contributed by atoms with Crippen LogP contribution in [0.1, 0.15) is 36.0 Å². The van der Waals surface area contributed by atoms with Gasteiger partial charge < -0.3 is 14.8 Å². The number of hydrogen-bond acceptors (Lipinski definition) is 3. The van der Waals surface area contributed by atoms with Crippen molar-refractivity contribution in [3.05, 3.63) is 35.1 Å². The fourth-order valence-corrected chi connectivity index (χ4v) is 2.39. The molecule has 0 radical (unpaired) electrons. The van der Waals surface area contributed by atoms with Gasteiger partial charge in [0.15, 0.2) is 0 Å². The van der Waals surface area contributed by atoms with E-state index in [1.165, 1.54) is 0 Å². The number of aryl methyl sites for hydroxylation is 2. The quantitative estimate of drug-likeness (QED) is 0.771. The van der Waals surface area contributed by atoms with E-state index in [9.17, 15) is 9.59 Å². The molecule has 0 aliphatic rings. The minimum Gasteiger partial charge on any atom is -0.481 e. The van der Waals surface area contributed by atoms with Gasteiger partial charge in [0.1, 0.15) is 5.58 Å². The highest BCUT2D eigenvalue weighted by molar-refractivity contribution is 5.89. The van der Waals surface area contributed by atoms with Crippen molar-refractivity contribution >= 4 is 22.8 Å². The molecule has 0 fully saturated rings. The van der Waals surface area contributed by atoms with Crippen molar-refractivity contribution in [3.8, 4) is 0 Å². The van der Waals surface area contributed by atoms with Gasteiger partial charge in [-0.1, -0.05) is 12.1 Å². The van der Waals surface area contributed by atoms with E-state index < -0.39 is 5.97 Å². The summed E-state index contributed by atoms with van der Waals surface area (Å²) in [7, 11) is 0. The molecule has 1 heterocycles. The van der Waals surface area contributed by atoms with Gasteiger partial charge in [0.2, 0.25) is 5.91 Å². The first-order chi connectivity index (χ1) is 10.5. The first-order valence-electron chi connectivity index (χ1n) is 7.44. The summed E-state index contributed by atoms with van der Waals surface area (Å²) in [6, 6.07) is 4.01. The molecule has 5 nitrogen and oxygen atoms in total. The molecule has 2 aromatic rings. The van der Waals surface area contributed by atoms with Gasteiger partial charge in [0.05, 0.1) is 12.7 Å². The van der Waals surface area contributed by atoms with Crippen LogP contribution in [0, 0.1) is 13.8 Å². The molecule has 118 valence electrons. The lowest BCUT2D eigenvalue weighted by molar-refractivity contribution is -0.137. The van der Waals surface area contributed by atoms with Crippen molar-refractivity contribution in [1.29, 1.82) is 0 Å². The summed E-state index contributed by atoms with van der Waals surface area (Å²) in [6.45, 7) is 4.54. The minimum atomic E-state index is -0.804. The number of furan rings is 1. The van der Waals surface area contributed by atoms with Crippen LogP contribution in [-0.4, -0.2) is 23.5 Å². The highest BCUT2D eigenvalue weighted by Crippen LogP contribution is 2.26. The summed E-state index contributed by atoms with van der Waals surface area (Å²) in [4.78, 5) is 22.3. The zero-order chi connectivity index (χ0) is 16.1. The largest absolute Gasteiger partial charge is 0.481 e. The number of amides is 1. The molecule has 22 heavy (non-hydrogen) atoms. The van der Waals surface area contributed by atoms with E-state index >= 15 is 0 Å². The van der Waals surface area contributed by atoms with Crippen LogP contribution in [0.2, 0.25) is 0 Å². The maximum atomic E-state index is 11.9. The van der Waals surface area contributed by atoms with E-state index in [0.29, 0.717) is 19.4 Å². The summed E-state index contributed by atoms with van der Waals surface area (Å²) >= 11 is 0. The monoisotopic (exact) mass is 303 g/mol. The first-order valence-corrected chi connectivity index (χ1v) is 7.44. The Labute approximate surface area is 129 Å². The number of hydrogen-bond donors (Lipinski definition) is 2. The zero-order valence-corrected chi connectivity index (χ0v) is 12.9. The van der Waals surface area contributed by atoms with Crippen LogP contribution in [0.3, 0.4) is 0 Å². The molecule has 0 aliphatic carbocycles. The molecule has 1 amide bonds. The second kappa shape index (κ2) is 7.11. The molecule has 0 unspecified atom stereocenters. The molecule has 0 bridgehead atoms. The normalized spacial score (nSPS) is 10.8. The Morgan fingerprint density at radius 2 is 2.00 bits per heavy atom. The number of unbranched alkanes of at least 4 members (excludes halogenated alkanes) is 1. The molecule has 0 saturated heterocycles. The number of aliphatic carboxylic acids is 1. The number of carbonyl (C=O) groups excluding carboxylic acids is 1. The number of benzene rings is 1. The van der Waals surface area contributed by atoms with Crippen molar-refractivity contribution in [1.82, 2.24) is 5.32 Å². The molecule has 2 rings (SSSR count). The summed E-state index contributed by atoms with van der Waals surface area (Å²) in [6.07, 6.45) is 3.29. The Hall–Kier alpha value is -2.30. The maximum Gasteiger partial charge on any atom is 0.303 e. The molecule has 0 atom stereocenters.